The fourth-order valence-corrected chi connectivity index (χ4v) is 1.86. The summed E-state index contributed by atoms with van der Waals surface area (Å²) in [4.78, 5) is 4.44. The first-order valence-corrected chi connectivity index (χ1v) is 5.91. The number of aryl methyl sites for hydroxylation is 1. The van der Waals surface area contributed by atoms with E-state index in [2.05, 4.69) is 4.98 Å². The maximum atomic E-state index is 5.65. The van der Waals surface area contributed by atoms with Crippen molar-refractivity contribution in [1.82, 2.24) is 4.98 Å². The number of fused-ring (bicyclic) bond motifs is 1. The molecule has 0 aliphatic heterocycles. The summed E-state index contributed by atoms with van der Waals surface area (Å²) in [7, 11) is 0. The maximum Gasteiger partial charge on any atom is 0.220 e. The molecule has 0 spiro atoms. The van der Waals surface area contributed by atoms with Crippen LogP contribution >= 0.6 is 0 Å². The lowest BCUT2D eigenvalue weighted by Gasteiger charge is -1.89. The van der Waals surface area contributed by atoms with E-state index >= 15 is 0 Å². The molecule has 0 bridgehead atoms. The van der Waals surface area contributed by atoms with E-state index in [4.69, 9.17) is 4.42 Å². The Balaban J connectivity index is 1.93. The Kier molecular flexibility index (Phi) is 2.69. The number of benzene rings is 2. The van der Waals surface area contributed by atoms with E-state index in [-0.39, 0.29) is 0 Å². The molecule has 88 valence electrons. The van der Waals surface area contributed by atoms with E-state index in [1.807, 2.05) is 67.6 Å². The minimum atomic E-state index is 0.638. The monoisotopic (exact) mass is 235 g/mol. The van der Waals surface area contributed by atoms with Gasteiger partial charge in [-0.3, -0.25) is 0 Å². The van der Waals surface area contributed by atoms with Crippen LogP contribution in [0.1, 0.15) is 17.0 Å². The summed E-state index contributed by atoms with van der Waals surface area (Å²) >= 11 is 0. The lowest BCUT2D eigenvalue weighted by Crippen LogP contribution is -1.72. The first-order valence-electron chi connectivity index (χ1n) is 5.91. The van der Waals surface area contributed by atoms with Crippen molar-refractivity contribution in [1.29, 1.82) is 0 Å². The van der Waals surface area contributed by atoms with Crippen LogP contribution in [0.15, 0.2) is 52.9 Å². The highest BCUT2D eigenvalue weighted by atomic mass is 16.3. The first-order chi connectivity index (χ1) is 8.81. The van der Waals surface area contributed by atoms with Gasteiger partial charge in [0.05, 0.1) is 0 Å². The Hall–Kier alpha value is -2.35. The molecule has 0 radical (unpaired) electrons. The lowest BCUT2D eigenvalue weighted by atomic mass is 10.2. The van der Waals surface area contributed by atoms with Crippen LogP contribution in [-0.4, -0.2) is 4.98 Å². The van der Waals surface area contributed by atoms with Crippen LogP contribution in [0.2, 0.25) is 0 Å². The normalized spacial score (nSPS) is 11.4. The molecule has 0 amide bonds. The molecule has 2 nitrogen and oxygen atoms in total. The largest absolute Gasteiger partial charge is 0.437 e. The molecule has 3 rings (SSSR count). The Labute approximate surface area is 106 Å². The van der Waals surface area contributed by atoms with Crippen LogP contribution in [0, 0.1) is 6.92 Å². The van der Waals surface area contributed by atoms with Crippen LogP contribution in [-0.2, 0) is 0 Å². The standard InChI is InChI=1S/C16H13NO/c1-12-7-9-15-14(11-12)17-16(18-15)10-8-13-5-3-2-4-6-13/h2-11H,1H3/b10-8-. The molecule has 0 aliphatic carbocycles. The molecular formula is C16H13NO. The molecule has 18 heavy (non-hydrogen) atoms. The second-order valence-electron chi connectivity index (χ2n) is 4.27. The van der Waals surface area contributed by atoms with Crippen molar-refractivity contribution < 1.29 is 4.42 Å². The van der Waals surface area contributed by atoms with E-state index in [1.165, 1.54) is 5.56 Å². The molecule has 0 unspecified atom stereocenters. The SMILES string of the molecule is Cc1ccc2oc(/C=C\c3ccccc3)nc2c1. The van der Waals surface area contributed by atoms with Gasteiger partial charge in [-0.1, -0.05) is 36.4 Å². The molecule has 0 atom stereocenters. The van der Waals surface area contributed by atoms with Crippen LogP contribution in [0.3, 0.4) is 0 Å². The quantitative estimate of drug-likeness (QED) is 0.661. The van der Waals surface area contributed by atoms with E-state index < -0.39 is 0 Å². The minimum absolute atomic E-state index is 0.638. The van der Waals surface area contributed by atoms with Crippen molar-refractivity contribution in [3.63, 3.8) is 0 Å². The smallest absolute Gasteiger partial charge is 0.220 e. The van der Waals surface area contributed by atoms with Gasteiger partial charge < -0.3 is 4.42 Å². The Bertz CT molecular complexity index is 695. The lowest BCUT2D eigenvalue weighted by molar-refractivity contribution is 0.589. The number of oxazole rings is 1. The third-order valence-corrected chi connectivity index (χ3v) is 2.78. The molecular weight excluding hydrogens is 222 g/mol. The van der Waals surface area contributed by atoms with Gasteiger partial charge in [0.2, 0.25) is 5.89 Å². The zero-order valence-corrected chi connectivity index (χ0v) is 10.1. The highest BCUT2D eigenvalue weighted by Crippen LogP contribution is 2.18. The van der Waals surface area contributed by atoms with Crippen molar-refractivity contribution in [3.8, 4) is 0 Å². The first kappa shape index (κ1) is 10.8. The molecule has 3 aromatic rings. The number of nitrogens with zero attached hydrogens (tertiary/aromatic N) is 1. The fraction of sp³-hybridized carbons (Fsp3) is 0.0625. The summed E-state index contributed by atoms with van der Waals surface area (Å²) in [6.07, 6.45) is 3.89. The summed E-state index contributed by atoms with van der Waals surface area (Å²) < 4.78 is 5.65. The molecule has 0 saturated heterocycles. The Morgan fingerprint density at radius 3 is 2.67 bits per heavy atom. The van der Waals surface area contributed by atoms with Crippen LogP contribution in [0.5, 0.6) is 0 Å². The highest BCUT2D eigenvalue weighted by molar-refractivity contribution is 5.76. The zero-order valence-electron chi connectivity index (χ0n) is 10.1. The summed E-state index contributed by atoms with van der Waals surface area (Å²) in [5.41, 5.74) is 4.06. The number of hydrogen-bond acceptors (Lipinski definition) is 2. The highest BCUT2D eigenvalue weighted by Gasteiger charge is 2.02. The molecule has 0 saturated carbocycles. The van der Waals surface area contributed by atoms with Gasteiger partial charge in [0.15, 0.2) is 5.58 Å². The summed E-state index contributed by atoms with van der Waals surface area (Å²) in [6.45, 7) is 2.05. The van der Waals surface area contributed by atoms with E-state index in [9.17, 15) is 0 Å². The topological polar surface area (TPSA) is 26.0 Å². The van der Waals surface area contributed by atoms with E-state index in [0.717, 1.165) is 16.7 Å². The van der Waals surface area contributed by atoms with Gasteiger partial charge in [-0.2, -0.15) is 0 Å². The predicted octanol–water partition coefficient (Wildman–Crippen LogP) is 4.31. The molecule has 0 aliphatic rings. The van der Waals surface area contributed by atoms with Gasteiger partial charge in [0, 0.05) is 6.08 Å². The number of hydrogen-bond donors (Lipinski definition) is 0. The van der Waals surface area contributed by atoms with Gasteiger partial charge in [-0.15, -0.1) is 0 Å². The summed E-state index contributed by atoms with van der Waals surface area (Å²) in [5, 5.41) is 0. The van der Waals surface area contributed by atoms with Crippen molar-refractivity contribution >= 4 is 23.3 Å². The molecule has 2 aromatic carbocycles. The molecule has 0 fully saturated rings. The maximum absolute atomic E-state index is 5.65. The second kappa shape index (κ2) is 4.49. The molecule has 2 heteroatoms. The fourth-order valence-electron chi connectivity index (χ4n) is 1.86. The van der Waals surface area contributed by atoms with Gasteiger partial charge >= 0.3 is 0 Å². The van der Waals surface area contributed by atoms with Crippen molar-refractivity contribution in [2.75, 3.05) is 0 Å². The van der Waals surface area contributed by atoms with E-state index in [1.54, 1.807) is 0 Å². The number of aromatic nitrogens is 1. The van der Waals surface area contributed by atoms with Gasteiger partial charge in [-0.25, -0.2) is 4.98 Å². The zero-order chi connectivity index (χ0) is 12.4. The average Bonchev–Trinajstić information content (AvgIpc) is 2.79. The Morgan fingerprint density at radius 1 is 1.00 bits per heavy atom. The number of rotatable bonds is 2. The second-order valence-corrected chi connectivity index (χ2v) is 4.27. The van der Waals surface area contributed by atoms with Crippen LogP contribution in [0.4, 0.5) is 0 Å². The predicted molar refractivity (Wildman–Crippen MR) is 74.1 cm³/mol. The van der Waals surface area contributed by atoms with Crippen LogP contribution < -0.4 is 0 Å². The minimum Gasteiger partial charge on any atom is -0.437 e. The summed E-state index contributed by atoms with van der Waals surface area (Å²) in [5.74, 6) is 0.638. The Morgan fingerprint density at radius 2 is 1.83 bits per heavy atom. The van der Waals surface area contributed by atoms with Crippen molar-refractivity contribution in [3.05, 3.63) is 65.5 Å². The third-order valence-electron chi connectivity index (χ3n) is 2.78. The van der Waals surface area contributed by atoms with E-state index in [0.29, 0.717) is 5.89 Å². The van der Waals surface area contributed by atoms with Gasteiger partial charge in [0.25, 0.3) is 0 Å². The molecule has 0 N–H and O–H groups in total. The van der Waals surface area contributed by atoms with Gasteiger partial charge in [-0.05, 0) is 36.3 Å². The van der Waals surface area contributed by atoms with Crippen molar-refractivity contribution in [2.45, 2.75) is 6.92 Å². The molecule has 1 aromatic heterocycles. The average molecular weight is 235 g/mol. The van der Waals surface area contributed by atoms with Crippen LogP contribution in [0.25, 0.3) is 23.3 Å². The molecule has 1 heterocycles. The van der Waals surface area contributed by atoms with Gasteiger partial charge in [0.1, 0.15) is 5.52 Å². The third kappa shape index (κ3) is 2.18. The van der Waals surface area contributed by atoms with Crippen molar-refractivity contribution in [2.24, 2.45) is 0 Å². The summed E-state index contributed by atoms with van der Waals surface area (Å²) in [6, 6.07) is 16.1.